The molecule has 0 saturated heterocycles. The minimum Gasteiger partial charge on any atom is -0.396 e. The third-order valence-electron chi connectivity index (χ3n) is 4.51. The number of anilines is 1. The van der Waals surface area contributed by atoms with Crippen molar-refractivity contribution < 1.29 is 5.11 Å². The third-order valence-corrected chi connectivity index (χ3v) is 5.33. The molecule has 0 aliphatic carbocycles. The first-order valence-electron chi connectivity index (χ1n) is 9.46. The van der Waals surface area contributed by atoms with Crippen LogP contribution < -0.4 is 5.32 Å². The first-order chi connectivity index (χ1) is 14.2. The number of thioether (sulfide) groups is 1. The van der Waals surface area contributed by atoms with E-state index < -0.39 is 0 Å². The Hall–Kier alpha value is -2.91. The van der Waals surface area contributed by atoms with Gasteiger partial charge in [0.05, 0.1) is 18.6 Å². The molecule has 0 spiro atoms. The Morgan fingerprint density at radius 1 is 1.17 bits per heavy atom. The molecule has 0 saturated carbocycles. The number of hydrogen-bond donors (Lipinski definition) is 3. The molecule has 0 amide bonds. The maximum absolute atomic E-state index is 9.14. The van der Waals surface area contributed by atoms with Crippen molar-refractivity contribution in [1.82, 2.24) is 29.7 Å². The minimum atomic E-state index is 0.0838. The molecular formula is C20H23N7OS. The van der Waals surface area contributed by atoms with E-state index in [1.165, 1.54) is 11.8 Å². The maximum Gasteiger partial charge on any atom is 0.190 e. The first-order valence-corrected chi connectivity index (χ1v) is 10.4. The van der Waals surface area contributed by atoms with E-state index >= 15 is 0 Å². The van der Waals surface area contributed by atoms with Crippen molar-refractivity contribution in [3.05, 3.63) is 54.2 Å². The topological polar surface area (TPSA) is 105 Å². The number of aromatic nitrogens is 6. The molecule has 1 aromatic carbocycles. The number of H-pyrrole nitrogens is 1. The van der Waals surface area contributed by atoms with Crippen molar-refractivity contribution >= 4 is 28.6 Å². The molecule has 0 bridgehead atoms. The van der Waals surface area contributed by atoms with Crippen LogP contribution in [0.5, 0.6) is 0 Å². The van der Waals surface area contributed by atoms with Crippen LogP contribution in [0.15, 0.2) is 48.1 Å². The zero-order valence-electron chi connectivity index (χ0n) is 16.3. The maximum atomic E-state index is 9.14. The fourth-order valence-corrected chi connectivity index (χ4v) is 3.59. The summed E-state index contributed by atoms with van der Waals surface area (Å²) in [6, 6.07) is 8.27. The summed E-state index contributed by atoms with van der Waals surface area (Å²) in [6.45, 7) is 4.90. The monoisotopic (exact) mass is 409 g/mol. The van der Waals surface area contributed by atoms with Crippen LogP contribution in [-0.2, 0) is 6.54 Å². The van der Waals surface area contributed by atoms with Crippen LogP contribution >= 0.6 is 11.8 Å². The molecule has 3 heterocycles. The lowest BCUT2D eigenvalue weighted by Crippen LogP contribution is -2.05. The Morgan fingerprint density at radius 3 is 2.69 bits per heavy atom. The van der Waals surface area contributed by atoms with Crippen LogP contribution in [0.25, 0.3) is 16.7 Å². The second-order valence-electron chi connectivity index (χ2n) is 6.91. The summed E-state index contributed by atoms with van der Waals surface area (Å²) in [5.41, 5.74) is 4.74. The molecule has 29 heavy (non-hydrogen) atoms. The molecule has 0 aliphatic heterocycles. The molecule has 9 heteroatoms. The Morgan fingerprint density at radius 2 is 2.00 bits per heavy atom. The van der Waals surface area contributed by atoms with Gasteiger partial charge >= 0.3 is 0 Å². The van der Waals surface area contributed by atoms with Crippen LogP contribution in [0.2, 0.25) is 0 Å². The lowest BCUT2D eigenvalue weighted by molar-refractivity contribution is 0.322. The van der Waals surface area contributed by atoms with Gasteiger partial charge in [0.15, 0.2) is 16.5 Å². The first kappa shape index (κ1) is 19.4. The molecule has 0 radical (unpaired) electrons. The quantitative estimate of drug-likeness (QED) is 0.303. The standard InChI is InChI=1S/C20H23N7OS/c1-13(2)16-17-18(26-25-16)19(24-20(23-17)29-10-9-28)22-11-14-3-5-15(6-4-14)27-8-7-21-12-27/h3-8,12-13,28H,9-11H2,1-2H3,(H,25,26)(H,22,23,24). The number of imidazole rings is 1. The lowest BCUT2D eigenvalue weighted by atomic mass is 10.1. The Labute approximate surface area is 172 Å². The summed E-state index contributed by atoms with van der Waals surface area (Å²) in [6.07, 6.45) is 5.46. The third kappa shape index (κ3) is 4.25. The number of nitrogens with one attached hydrogen (secondary N) is 2. The van der Waals surface area contributed by atoms with E-state index in [9.17, 15) is 0 Å². The Kier molecular flexibility index (Phi) is 5.77. The summed E-state index contributed by atoms with van der Waals surface area (Å²) in [7, 11) is 0. The molecule has 4 rings (SSSR count). The van der Waals surface area contributed by atoms with Crippen molar-refractivity contribution in [3.8, 4) is 5.69 Å². The van der Waals surface area contributed by atoms with E-state index in [0.717, 1.165) is 28.0 Å². The van der Waals surface area contributed by atoms with Gasteiger partial charge in [-0.25, -0.2) is 15.0 Å². The fraction of sp³-hybridized carbons (Fsp3) is 0.300. The molecule has 0 aliphatic rings. The highest BCUT2D eigenvalue weighted by Gasteiger charge is 2.17. The molecule has 0 fully saturated rings. The van der Waals surface area contributed by atoms with Gasteiger partial charge in [0.25, 0.3) is 0 Å². The highest BCUT2D eigenvalue weighted by Crippen LogP contribution is 2.28. The highest BCUT2D eigenvalue weighted by atomic mass is 32.2. The van der Waals surface area contributed by atoms with E-state index in [1.54, 1.807) is 12.5 Å². The zero-order chi connectivity index (χ0) is 20.2. The van der Waals surface area contributed by atoms with Crippen molar-refractivity contribution in [2.45, 2.75) is 31.5 Å². The lowest BCUT2D eigenvalue weighted by Gasteiger charge is -2.10. The molecule has 3 aromatic heterocycles. The van der Waals surface area contributed by atoms with E-state index in [-0.39, 0.29) is 12.5 Å². The van der Waals surface area contributed by atoms with Crippen LogP contribution in [0.3, 0.4) is 0 Å². The van der Waals surface area contributed by atoms with Gasteiger partial charge < -0.3 is 15.0 Å². The summed E-state index contributed by atoms with van der Waals surface area (Å²) in [5, 5.41) is 20.7. The van der Waals surface area contributed by atoms with Gasteiger partial charge in [-0.05, 0) is 23.6 Å². The van der Waals surface area contributed by atoms with Gasteiger partial charge in [-0.2, -0.15) is 5.10 Å². The van der Waals surface area contributed by atoms with E-state index in [1.807, 2.05) is 10.8 Å². The normalized spacial score (nSPS) is 11.4. The predicted molar refractivity (Wildman–Crippen MR) is 114 cm³/mol. The van der Waals surface area contributed by atoms with E-state index in [0.29, 0.717) is 23.3 Å². The second kappa shape index (κ2) is 8.62. The number of aromatic amines is 1. The number of aliphatic hydroxyl groups excluding tert-OH is 1. The Balaban J connectivity index is 1.57. The zero-order valence-corrected chi connectivity index (χ0v) is 17.1. The van der Waals surface area contributed by atoms with Crippen molar-refractivity contribution in [2.24, 2.45) is 0 Å². The number of aliphatic hydroxyl groups is 1. The number of nitrogens with zero attached hydrogens (tertiary/aromatic N) is 5. The molecule has 4 aromatic rings. The van der Waals surface area contributed by atoms with Crippen molar-refractivity contribution in [3.63, 3.8) is 0 Å². The predicted octanol–water partition coefficient (Wildman–Crippen LogP) is 3.36. The summed E-state index contributed by atoms with van der Waals surface area (Å²) < 4.78 is 1.97. The van der Waals surface area contributed by atoms with Gasteiger partial charge in [0.1, 0.15) is 5.52 Å². The van der Waals surface area contributed by atoms with Gasteiger partial charge in [-0.15, -0.1) is 0 Å². The molecule has 8 nitrogen and oxygen atoms in total. The van der Waals surface area contributed by atoms with Crippen LogP contribution in [0, 0.1) is 0 Å². The Bertz CT molecular complexity index is 1070. The molecule has 150 valence electrons. The molecule has 0 unspecified atom stereocenters. The van der Waals surface area contributed by atoms with E-state index in [4.69, 9.17) is 5.11 Å². The summed E-state index contributed by atoms with van der Waals surface area (Å²) in [4.78, 5) is 13.3. The highest BCUT2D eigenvalue weighted by molar-refractivity contribution is 7.99. The number of rotatable bonds is 8. The molecular weight excluding hydrogens is 386 g/mol. The summed E-state index contributed by atoms with van der Waals surface area (Å²) >= 11 is 1.43. The van der Waals surface area contributed by atoms with Crippen LogP contribution in [0.1, 0.15) is 31.0 Å². The summed E-state index contributed by atoms with van der Waals surface area (Å²) in [5.74, 6) is 1.52. The number of benzene rings is 1. The minimum absolute atomic E-state index is 0.0838. The smallest absolute Gasteiger partial charge is 0.190 e. The second-order valence-corrected chi connectivity index (χ2v) is 7.97. The van der Waals surface area contributed by atoms with Gasteiger partial charge in [0, 0.05) is 30.4 Å². The van der Waals surface area contributed by atoms with E-state index in [2.05, 4.69) is 68.6 Å². The van der Waals surface area contributed by atoms with Gasteiger partial charge in [0.2, 0.25) is 0 Å². The number of hydrogen-bond acceptors (Lipinski definition) is 7. The molecule has 0 atom stereocenters. The fourth-order valence-electron chi connectivity index (χ4n) is 3.01. The largest absolute Gasteiger partial charge is 0.396 e. The average molecular weight is 410 g/mol. The molecule has 3 N–H and O–H groups in total. The number of fused-ring (bicyclic) bond motifs is 1. The van der Waals surface area contributed by atoms with Gasteiger partial charge in [-0.3, -0.25) is 5.10 Å². The van der Waals surface area contributed by atoms with Crippen molar-refractivity contribution in [1.29, 1.82) is 0 Å². The SMILES string of the molecule is CC(C)c1[nH]nc2c(NCc3ccc(-n4ccnc4)cc3)nc(SCCO)nc12. The van der Waals surface area contributed by atoms with Crippen LogP contribution in [-0.4, -0.2) is 47.2 Å². The van der Waals surface area contributed by atoms with Crippen molar-refractivity contribution in [2.75, 3.05) is 17.7 Å². The average Bonchev–Trinajstić information content (AvgIpc) is 3.41. The van der Waals surface area contributed by atoms with Crippen LogP contribution in [0.4, 0.5) is 5.82 Å². The van der Waals surface area contributed by atoms with Gasteiger partial charge in [-0.1, -0.05) is 37.7 Å².